The van der Waals surface area contributed by atoms with Crippen LogP contribution in [0.5, 0.6) is 5.75 Å². The number of thiazole rings is 1. The largest absolute Gasteiger partial charge is 0.476 e. The maximum absolute atomic E-state index is 12.2. The van der Waals surface area contributed by atoms with Gasteiger partial charge < -0.3 is 19.2 Å². The number of hydrogen-bond donors (Lipinski definition) is 1. The smallest absolute Gasteiger partial charge is 0.349 e. The lowest BCUT2D eigenvalue weighted by atomic mass is 10.0. The van der Waals surface area contributed by atoms with Gasteiger partial charge in [0.2, 0.25) is 5.89 Å². The average molecular weight is 548 g/mol. The number of rotatable bonds is 12. The molecule has 0 radical (unpaired) electrons. The molecule has 0 atom stereocenters. The normalized spacial score (nSPS) is 11.5. The Labute approximate surface area is 234 Å². The third-order valence-electron chi connectivity index (χ3n) is 6.38. The summed E-state index contributed by atoms with van der Waals surface area (Å²) in [6, 6.07) is 14.2. The molecule has 0 aliphatic heterocycles. The van der Waals surface area contributed by atoms with Crippen molar-refractivity contribution in [1.29, 1.82) is 0 Å². The first-order valence-corrected chi connectivity index (χ1v) is 14.2. The van der Waals surface area contributed by atoms with Crippen LogP contribution in [0.25, 0.3) is 11.5 Å². The topological polar surface area (TPSA) is 86.5 Å². The SMILES string of the molecule is CCOC(=O)C(C)(C)Oc1c(C)cc(CNCc2nc(CCc3nc(-c4ccccc4)oc3C)cs2)cc1C. The van der Waals surface area contributed by atoms with Crippen LogP contribution in [0.15, 0.2) is 52.3 Å². The van der Waals surface area contributed by atoms with E-state index in [2.05, 4.69) is 22.8 Å². The second kappa shape index (κ2) is 12.6. The Balaban J connectivity index is 1.29. The van der Waals surface area contributed by atoms with Gasteiger partial charge >= 0.3 is 5.97 Å². The van der Waals surface area contributed by atoms with Crippen molar-refractivity contribution >= 4 is 17.3 Å². The van der Waals surface area contributed by atoms with Crippen molar-refractivity contribution in [3.05, 3.63) is 86.7 Å². The number of nitrogens with zero attached hydrogens (tertiary/aromatic N) is 2. The van der Waals surface area contributed by atoms with Gasteiger partial charge in [-0.2, -0.15) is 0 Å². The summed E-state index contributed by atoms with van der Waals surface area (Å²) in [5, 5.41) is 6.67. The lowest BCUT2D eigenvalue weighted by Gasteiger charge is -2.26. The molecule has 0 unspecified atom stereocenters. The number of ether oxygens (including phenoxy) is 2. The van der Waals surface area contributed by atoms with Crippen molar-refractivity contribution in [3.8, 4) is 17.2 Å². The van der Waals surface area contributed by atoms with Gasteiger partial charge in [0.15, 0.2) is 5.60 Å². The van der Waals surface area contributed by atoms with Crippen LogP contribution in [-0.4, -0.2) is 28.1 Å². The molecule has 4 aromatic rings. The Kier molecular flexibility index (Phi) is 9.20. The monoisotopic (exact) mass is 547 g/mol. The molecule has 7 nitrogen and oxygen atoms in total. The first kappa shape index (κ1) is 28.5. The Bertz CT molecular complexity index is 1390. The molecule has 0 saturated carbocycles. The zero-order valence-corrected chi connectivity index (χ0v) is 24.4. The van der Waals surface area contributed by atoms with Crippen LogP contribution < -0.4 is 10.1 Å². The van der Waals surface area contributed by atoms with Crippen LogP contribution in [-0.2, 0) is 35.5 Å². The second-order valence-corrected chi connectivity index (χ2v) is 11.1. The minimum Gasteiger partial charge on any atom is -0.476 e. The van der Waals surface area contributed by atoms with E-state index in [9.17, 15) is 4.79 Å². The number of nitrogens with one attached hydrogen (secondary N) is 1. The number of esters is 1. The Morgan fingerprint density at radius 3 is 2.44 bits per heavy atom. The van der Waals surface area contributed by atoms with E-state index in [1.807, 2.05) is 51.1 Å². The number of carbonyl (C=O) groups excluding carboxylic acids is 1. The van der Waals surface area contributed by atoms with E-state index in [0.717, 1.165) is 63.0 Å². The summed E-state index contributed by atoms with van der Waals surface area (Å²) in [4.78, 5) is 21.8. The summed E-state index contributed by atoms with van der Waals surface area (Å²) in [7, 11) is 0. The molecule has 0 spiro atoms. The van der Waals surface area contributed by atoms with E-state index in [1.165, 1.54) is 0 Å². The molecule has 39 heavy (non-hydrogen) atoms. The molecule has 0 bridgehead atoms. The molecule has 0 amide bonds. The third kappa shape index (κ3) is 7.34. The van der Waals surface area contributed by atoms with Crippen LogP contribution in [0.2, 0.25) is 0 Å². The van der Waals surface area contributed by atoms with Crippen LogP contribution in [0.1, 0.15) is 59.6 Å². The summed E-state index contributed by atoms with van der Waals surface area (Å²) < 4.78 is 17.1. The van der Waals surface area contributed by atoms with Gasteiger partial charge in [0.25, 0.3) is 0 Å². The Morgan fingerprint density at radius 2 is 1.74 bits per heavy atom. The zero-order valence-electron chi connectivity index (χ0n) is 23.6. The van der Waals surface area contributed by atoms with Gasteiger partial charge in [0.05, 0.1) is 18.0 Å². The molecule has 0 aliphatic carbocycles. The quantitative estimate of drug-likeness (QED) is 0.202. The standard InChI is InChI=1S/C31H37N3O4S/c1-7-36-30(35)31(5,6)38-28-20(2)15-23(16-21(28)3)17-32-18-27-33-25(19-39-27)13-14-26-22(4)37-29(34-26)24-11-9-8-10-12-24/h8-12,15-16,19,32H,7,13-14,17-18H2,1-6H3. The molecular formula is C31H37N3O4S. The summed E-state index contributed by atoms with van der Waals surface area (Å²) in [5.74, 6) is 1.88. The van der Waals surface area contributed by atoms with Crippen molar-refractivity contribution in [2.45, 2.75) is 73.1 Å². The molecule has 8 heteroatoms. The number of oxazole rings is 1. The van der Waals surface area contributed by atoms with Gasteiger partial charge in [0.1, 0.15) is 16.5 Å². The fourth-order valence-corrected chi connectivity index (χ4v) is 5.17. The number of hydrogen-bond acceptors (Lipinski definition) is 8. The van der Waals surface area contributed by atoms with Gasteiger partial charge in [-0.05, 0) is 83.2 Å². The zero-order chi connectivity index (χ0) is 28.0. The number of aryl methyl sites for hydroxylation is 5. The fourth-order valence-electron chi connectivity index (χ4n) is 4.37. The highest BCUT2D eigenvalue weighted by molar-refractivity contribution is 7.09. The molecule has 206 valence electrons. The van der Waals surface area contributed by atoms with E-state index < -0.39 is 5.60 Å². The predicted molar refractivity (Wildman–Crippen MR) is 154 cm³/mol. The molecule has 0 fully saturated rings. The summed E-state index contributed by atoms with van der Waals surface area (Å²) in [6.07, 6.45) is 1.61. The van der Waals surface area contributed by atoms with Crippen LogP contribution >= 0.6 is 11.3 Å². The van der Waals surface area contributed by atoms with Crippen molar-refractivity contribution < 1.29 is 18.7 Å². The first-order chi connectivity index (χ1) is 18.7. The van der Waals surface area contributed by atoms with E-state index in [0.29, 0.717) is 25.6 Å². The molecular weight excluding hydrogens is 510 g/mol. The molecule has 0 aliphatic rings. The summed E-state index contributed by atoms with van der Waals surface area (Å²) in [5.41, 5.74) is 5.10. The molecule has 0 saturated heterocycles. The van der Waals surface area contributed by atoms with E-state index >= 15 is 0 Å². The fraction of sp³-hybridized carbons (Fsp3) is 0.387. The number of aromatic nitrogens is 2. The minimum absolute atomic E-state index is 0.325. The van der Waals surface area contributed by atoms with Crippen molar-refractivity contribution in [2.24, 2.45) is 0 Å². The molecule has 4 rings (SSSR count). The first-order valence-electron chi connectivity index (χ1n) is 13.3. The maximum atomic E-state index is 12.2. The minimum atomic E-state index is -1.05. The summed E-state index contributed by atoms with van der Waals surface area (Å²) >= 11 is 1.67. The summed E-state index contributed by atoms with van der Waals surface area (Å²) in [6.45, 7) is 12.9. The highest BCUT2D eigenvalue weighted by Crippen LogP contribution is 2.29. The third-order valence-corrected chi connectivity index (χ3v) is 7.28. The molecule has 1 N–H and O–H groups in total. The number of carbonyl (C=O) groups is 1. The second-order valence-electron chi connectivity index (χ2n) is 10.1. The predicted octanol–water partition coefficient (Wildman–Crippen LogP) is 6.52. The van der Waals surface area contributed by atoms with Gasteiger partial charge in [-0.15, -0.1) is 11.3 Å². The van der Waals surface area contributed by atoms with Crippen LogP contribution in [0, 0.1) is 20.8 Å². The number of benzene rings is 2. The molecule has 2 aromatic heterocycles. The molecule has 2 heterocycles. The maximum Gasteiger partial charge on any atom is 0.349 e. The van der Waals surface area contributed by atoms with E-state index in [-0.39, 0.29) is 5.97 Å². The van der Waals surface area contributed by atoms with E-state index in [1.54, 1.807) is 32.1 Å². The highest BCUT2D eigenvalue weighted by atomic mass is 32.1. The van der Waals surface area contributed by atoms with Crippen molar-refractivity contribution in [1.82, 2.24) is 15.3 Å². The van der Waals surface area contributed by atoms with Crippen LogP contribution in [0.3, 0.4) is 0 Å². The lowest BCUT2D eigenvalue weighted by molar-refractivity contribution is -0.158. The Morgan fingerprint density at radius 1 is 1.03 bits per heavy atom. The molecule has 2 aromatic carbocycles. The lowest BCUT2D eigenvalue weighted by Crippen LogP contribution is -2.40. The van der Waals surface area contributed by atoms with Crippen molar-refractivity contribution in [3.63, 3.8) is 0 Å². The van der Waals surface area contributed by atoms with Crippen LogP contribution in [0.4, 0.5) is 0 Å². The van der Waals surface area contributed by atoms with Crippen molar-refractivity contribution in [2.75, 3.05) is 6.61 Å². The van der Waals surface area contributed by atoms with Gasteiger partial charge in [-0.3, -0.25) is 0 Å². The van der Waals surface area contributed by atoms with Gasteiger partial charge in [-0.25, -0.2) is 14.8 Å². The van der Waals surface area contributed by atoms with Gasteiger partial charge in [0, 0.05) is 24.0 Å². The highest BCUT2D eigenvalue weighted by Gasteiger charge is 2.32. The Hall–Kier alpha value is -3.49. The van der Waals surface area contributed by atoms with Gasteiger partial charge in [-0.1, -0.05) is 30.3 Å². The average Bonchev–Trinajstić information content (AvgIpc) is 3.51. The van der Waals surface area contributed by atoms with E-state index in [4.69, 9.17) is 23.9 Å².